The zero-order valence-electron chi connectivity index (χ0n) is 9.77. The zero-order chi connectivity index (χ0) is 10.1. The monoisotopic (exact) mass is 186 g/mol. The molecule has 1 N–H and O–H groups in total. The fourth-order valence-electron chi connectivity index (χ4n) is 1.28. The number of nitrogens with zero attached hydrogens (tertiary/aromatic N) is 1. The summed E-state index contributed by atoms with van der Waals surface area (Å²) in [4.78, 5) is 2.42. The van der Waals surface area contributed by atoms with Crippen molar-refractivity contribution in [3.63, 3.8) is 0 Å². The molecule has 2 nitrogen and oxygen atoms in total. The first kappa shape index (κ1) is 12.9. The second kappa shape index (κ2) is 8.52. The van der Waals surface area contributed by atoms with Crippen LogP contribution in [0.15, 0.2) is 0 Å². The molecule has 0 spiro atoms. The van der Waals surface area contributed by atoms with Gasteiger partial charge >= 0.3 is 0 Å². The van der Waals surface area contributed by atoms with Gasteiger partial charge < -0.3 is 10.2 Å². The molecule has 80 valence electrons. The van der Waals surface area contributed by atoms with Crippen LogP contribution >= 0.6 is 0 Å². The Hall–Kier alpha value is -0.0800. The van der Waals surface area contributed by atoms with Crippen molar-refractivity contribution in [1.29, 1.82) is 0 Å². The molecule has 0 rings (SSSR count). The first-order valence-electron chi connectivity index (χ1n) is 5.58. The second-order valence-electron chi connectivity index (χ2n) is 4.12. The molecule has 2 heteroatoms. The summed E-state index contributed by atoms with van der Waals surface area (Å²) >= 11 is 0. The van der Waals surface area contributed by atoms with Gasteiger partial charge in [0.25, 0.3) is 0 Å². The minimum Gasteiger partial charge on any atom is -0.314 e. The Morgan fingerprint density at radius 2 is 1.77 bits per heavy atom. The molecule has 0 aromatic rings. The Morgan fingerprint density at radius 3 is 2.31 bits per heavy atom. The van der Waals surface area contributed by atoms with Crippen LogP contribution in [0.2, 0.25) is 0 Å². The Kier molecular flexibility index (Phi) is 8.46. The third kappa shape index (κ3) is 9.84. The smallest absolute Gasteiger partial charge is 0.00103 e. The van der Waals surface area contributed by atoms with Crippen LogP contribution < -0.4 is 5.32 Å². The van der Waals surface area contributed by atoms with Crippen LogP contribution in [0.25, 0.3) is 0 Å². The lowest BCUT2D eigenvalue weighted by atomic mass is 10.3. The van der Waals surface area contributed by atoms with Gasteiger partial charge in [-0.15, -0.1) is 0 Å². The van der Waals surface area contributed by atoms with E-state index in [0.717, 1.165) is 6.54 Å². The molecule has 0 bridgehead atoms. The van der Waals surface area contributed by atoms with Crippen molar-refractivity contribution in [2.45, 2.75) is 46.1 Å². The third-order valence-electron chi connectivity index (χ3n) is 2.16. The number of unbranched alkanes of at least 4 members (excludes halogenated alkanes) is 1. The molecule has 0 aromatic carbocycles. The molecule has 0 atom stereocenters. The molecule has 0 aliphatic heterocycles. The number of hydrogen-bond donors (Lipinski definition) is 1. The maximum atomic E-state index is 3.43. The highest BCUT2D eigenvalue weighted by Crippen LogP contribution is 1.92. The lowest BCUT2D eigenvalue weighted by molar-refractivity contribution is 0.319. The van der Waals surface area contributed by atoms with E-state index in [2.05, 4.69) is 38.0 Å². The van der Waals surface area contributed by atoms with E-state index in [4.69, 9.17) is 0 Å². The van der Waals surface area contributed by atoms with E-state index in [1.54, 1.807) is 0 Å². The van der Waals surface area contributed by atoms with Crippen molar-refractivity contribution in [1.82, 2.24) is 10.2 Å². The first-order valence-corrected chi connectivity index (χ1v) is 5.58. The Bertz CT molecular complexity index is 102. The molecule has 0 aliphatic carbocycles. The van der Waals surface area contributed by atoms with E-state index >= 15 is 0 Å². The van der Waals surface area contributed by atoms with Crippen LogP contribution in [0, 0.1) is 0 Å². The Labute approximate surface area is 83.7 Å². The van der Waals surface area contributed by atoms with Crippen molar-refractivity contribution in [3.8, 4) is 0 Å². The molecule has 0 heterocycles. The lowest BCUT2D eigenvalue weighted by Gasteiger charge is -2.16. The van der Waals surface area contributed by atoms with Crippen LogP contribution in [-0.4, -0.2) is 37.6 Å². The largest absolute Gasteiger partial charge is 0.314 e. The van der Waals surface area contributed by atoms with Gasteiger partial charge in [0.2, 0.25) is 0 Å². The summed E-state index contributed by atoms with van der Waals surface area (Å²) in [7, 11) is 2.21. The summed E-state index contributed by atoms with van der Waals surface area (Å²) in [6.45, 7) is 10.3. The summed E-state index contributed by atoms with van der Waals surface area (Å²) in [6, 6.07) is 0.626. The van der Waals surface area contributed by atoms with Gasteiger partial charge in [-0.2, -0.15) is 0 Å². The molecular weight excluding hydrogens is 160 g/mol. The Morgan fingerprint density at radius 1 is 1.15 bits per heavy atom. The average molecular weight is 186 g/mol. The standard InChI is InChI=1S/C11H26N2/c1-5-6-9-13(4)10-7-8-12-11(2)3/h11-12H,5-10H2,1-4H3. The van der Waals surface area contributed by atoms with Crippen LogP contribution in [0.5, 0.6) is 0 Å². The highest BCUT2D eigenvalue weighted by molar-refractivity contribution is 4.56. The second-order valence-corrected chi connectivity index (χ2v) is 4.12. The van der Waals surface area contributed by atoms with Gasteiger partial charge in [0, 0.05) is 6.04 Å². The van der Waals surface area contributed by atoms with E-state index in [1.165, 1.54) is 32.4 Å². The molecule has 0 fully saturated rings. The zero-order valence-corrected chi connectivity index (χ0v) is 9.77. The average Bonchev–Trinajstić information content (AvgIpc) is 2.08. The summed E-state index contributed by atoms with van der Waals surface area (Å²) in [5.41, 5.74) is 0. The predicted molar refractivity (Wildman–Crippen MR) is 60.2 cm³/mol. The number of nitrogens with one attached hydrogen (secondary N) is 1. The van der Waals surface area contributed by atoms with Crippen molar-refractivity contribution >= 4 is 0 Å². The van der Waals surface area contributed by atoms with E-state index in [9.17, 15) is 0 Å². The molecule has 0 aromatic heterocycles. The third-order valence-corrected chi connectivity index (χ3v) is 2.16. The normalized spacial score (nSPS) is 11.5. The van der Waals surface area contributed by atoms with Crippen LogP contribution in [0.3, 0.4) is 0 Å². The van der Waals surface area contributed by atoms with Crippen molar-refractivity contribution < 1.29 is 0 Å². The fraction of sp³-hybridized carbons (Fsp3) is 1.00. The summed E-state index contributed by atoms with van der Waals surface area (Å²) in [6.07, 6.45) is 3.89. The molecule has 0 saturated carbocycles. The summed E-state index contributed by atoms with van der Waals surface area (Å²) in [5, 5.41) is 3.43. The molecule has 0 amide bonds. The highest BCUT2D eigenvalue weighted by Gasteiger charge is 1.97. The van der Waals surface area contributed by atoms with E-state index < -0.39 is 0 Å². The molecule has 0 unspecified atom stereocenters. The lowest BCUT2D eigenvalue weighted by Crippen LogP contribution is -2.28. The van der Waals surface area contributed by atoms with Crippen LogP contribution in [0.4, 0.5) is 0 Å². The van der Waals surface area contributed by atoms with E-state index in [-0.39, 0.29) is 0 Å². The maximum Gasteiger partial charge on any atom is 0.00103 e. The fourth-order valence-corrected chi connectivity index (χ4v) is 1.28. The van der Waals surface area contributed by atoms with Crippen LogP contribution in [0.1, 0.15) is 40.0 Å². The number of hydrogen-bond acceptors (Lipinski definition) is 2. The quantitative estimate of drug-likeness (QED) is 0.584. The minimum absolute atomic E-state index is 0.626. The van der Waals surface area contributed by atoms with Crippen molar-refractivity contribution in [3.05, 3.63) is 0 Å². The molecular formula is C11H26N2. The topological polar surface area (TPSA) is 15.3 Å². The van der Waals surface area contributed by atoms with Crippen molar-refractivity contribution in [2.75, 3.05) is 26.7 Å². The minimum atomic E-state index is 0.626. The van der Waals surface area contributed by atoms with Gasteiger partial charge in [-0.1, -0.05) is 27.2 Å². The Balaban J connectivity index is 3.12. The summed E-state index contributed by atoms with van der Waals surface area (Å²) < 4.78 is 0. The first-order chi connectivity index (χ1) is 6.16. The predicted octanol–water partition coefficient (Wildman–Crippen LogP) is 2.11. The molecule has 0 saturated heterocycles. The van der Waals surface area contributed by atoms with Gasteiger partial charge in [0.1, 0.15) is 0 Å². The molecule has 0 aliphatic rings. The molecule has 0 radical (unpaired) electrons. The van der Waals surface area contributed by atoms with Gasteiger partial charge in [-0.05, 0) is 39.5 Å². The van der Waals surface area contributed by atoms with Crippen molar-refractivity contribution in [2.24, 2.45) is 0 Å². The van der Waals surface area contributed by atoms with Gasteiger partial charge in [0.15, 0.2) is 0 Å². The molecule has 13 heavy (non-hydrogen) atoms. The maximum absolute atomic E-state index is 3.43. The van der Waals surface area contributed by atoms with Gasteiger partial charge in [-0.25, -0.2) is 0 Å². The SMILES string of the molecule is CCCCN(C)CCCNC(C)C. The number of rotatable bonds is 8. The van der Waals surface area contributed by atoms with Crippen LogP contribution in [-0.2, 0) is 0 Å². The highest BCUT2D eigenvalue weighted by atomic mass is 15.1. The van der Waals surface area contributed by atoms with Gasteiger partial charge in [0.05, 0.1) is 0 Å². The van der Waals surface area contributed by atoms with Gasteiger partial charge in [-0.3, -0.25) is 0 Å². The van der Waals surface area contributed by atoms with E-state index in [1.807, 2.05) is 0 Å². The summed E-state index contributed by atoms with van der Waals surface area (Å²) in [5.74, 6) is 0. The van der Waals surface area contributed by atoms with E-state index in [0.29, 0.717) is 6.04 Å².